The number of hydrogen-bond acceptors (Lipinski definition) is 5. The molecule has 3 atom stereocenters. The number of quaternary nitrogens is 1. The predicted octanol–water partition coefficient (Wildman–Crippen LogP) is 19.0. The molecule has 3 unspecified atom stereocenters. The summed E-state index contributed by atoms with van der Waals surface area (Å²) >= 11 is 0. The molecule has 0 heterocycles. The average Bonchev–Trinajstić information content (AvgIpc) is 3.35. The number of aliphatic hydroxyl groups is 1. The molecule has 8 nitrogen and oxygen atoms in total. The predicted molar refractivity (Wildman–Crippen MR) is 318 cm³/mol. The van der Waals surface area contributed by atoms with Crippen LogP contribution in [0.3, 0.4) is 0 Å². The van der Waals surface area contributed by atoms with Crippen molar-refractivity contribution in [3.63, 3.8) is 0 Å². The lowest BCUT2D eigenvalue weighted by molar-refractivity contribution is -0.870. The zero-order valence-corrected chi connectivity index (χ0v) is 49.5. The molecule has 0 radical (unpaired) electrons. The molecule has 0 spiro atoms. The molecule has 0 bridgehead atoms. The minimum atomic E-state index is -4.35. The Morgan fingerprint density at radius 2 is 0.836 bits per heavy atom. The Labute approximate surface area is 453 Å². The van der Waals surface area contributed by atoms with Crippen molar-refractivity contribution in [3.8, 4) is 0 Å². The number of allylic oxidation sites excluding steroid dienone is 11. The lowest BCUT2D eigenvalue weighted by atomic mass is 10.0. The van der Waals surface area contributed by atoms with Crippen molar-refractivity contribution in [1.29, 1.82) is 0 Å². The number of nitrogens with one attached hydrogen (secondary N) is 1. The summed E-state index contributed by atoms with van der Waals surface area (Å²) in [7, 11) is 1.56. The van der Waals surface area contributed by atoms with Gasteiger partial charge in [-0.15, -0.1) is 0 Å². The Bertz CT molecular complexity index is 1420. The molecule has 1 amide bonds. The maximum absolute atomic E-state index is 13.0. The van der Waals surface area contributed by atoms with E-state index in [2.05, 4.69) is 79.9 Å². The van der Waals surface area contributed by atoms with Crippen LogP contribution >= 0.6 is 7.82 Å². The average molecular weight is 1040 g/mol. The van der Waals surface area contributed by atoms with Gasteiger partial charge in [0.05, 0.1) is 39.9 Å². The maximum Gasteiger partial charge on any atom is 0.472 e. The third-order valence-corrected chi connectivity index (χ3v) is 14.6. The first-order valence-electron chi connectivity index (χ1n) is 30.8. The van der Waals surface area contributed by atoms with Crippen LogP contribution in [0.5, 0.6) is 0 Å². The van der Waals surface area contributed by atoms with E-state index in [9.17, 15) is 19.4 Å². The number of carbonyl (C=O) groups is 1. The van der Waals surface area contributed by atoms with Crippen molar-refractivity contribution >= 4 is 13.7 Å². The highest BCUT2D eigenvalue weighted by Crippen LogP contribution is 2.43. The summed E-state index contributed by atoms with van der Waals surface area (Å²) in [5.74, 6) is -0.184. The second kappa shape index (κ2) is 54.7. The van der Waals surface area contributed by atoms with Gasteiger partial charge in [-0.2, -0.15) is 0 Å². The van der Waals surface area contributed by atoms with Gasteiger partial charge < -0.3 is 19.8 Å². The van der Waals surface area contributed by atoms with Crippen LogP contribution in [-0.2, 0) is 18.4 Å². The topological polar surface area (TPSA) is 105 Å². The van der Waals surface area contributed by atoms with Crippen molar-refractivity contribution in [1.82, 2.24) is 5.32 Å². The van der Waals surface area contributed by atoms with Gasteiger partial charge in [-0.25, -0.2) is 4.57 Å². The van der Waals surface area contributed by atoms with Crippen molar-refractivity contribution < 1.29 is 32.9 Å². The van der Waals surface area contributed by atoms with Crippen molar-refractivity contribution in [2.75, 3.05) is 40.9 Å². The van der Waals surface area contributed by atoms with Gasteiger partial charge in [0.2, 0.25) is 5.91 Å². The summed E-state index contributed by atoms with van der Waals surface area (Å²) in [5.41, 5.74) is 0. The Hall–Kier alpha value is -2.06. The largest absolute Gasteiger partial charge is 0.472 e. The molecule has 0 aliphatic rings. The van der Waals surface area contributed by atoms with Gasteiger partial charge in [0.25, 0.3) is 0 Å². The molecule has 0 aliphatic carbocycles. The van der Waals surface area contributed by atoms with Crippen LogP contribution in [0.4, 0.5) is 0 Å². The minimum absolute atomic E-state index is 0.0561. The van der Waals surface area contributed by atoms with E-state index in [1.54, 1.807) is 6.08 Å². The summed E-state index contributed by atoms with van der Waals surface area (Å²) in [6.45, 7) is 4.69. The third kappa shape index (κ3) is 57.5. The van der Waals surface area contributed by atoms with E-state index in [1.165, 1.54) is 193 Å². The van der Waals surface area contributed by atoms with Crippen LogP contribution in [0.15, 0.2) is 72.9 Å². The van der Waals surface area contributed by atoms with Crippen molar-refractivity contribution in [2.24, 2.45) is 0 Å². The Kier molecular flexibility index (Phi) is 53.2. The van der Waals surface area contributed by atoms with Crippen LogP contribution in [0.1, 0.15) is 277 Å². The van der Waals surface area contributed by atoms with E-state index >= 15 is 0 Å². The van der Waals surface area contributed by atoms with Crippen LogP contribution < -0.4 is 5.32 Å². The van der Waals surface area contributed by atoms with Crippen molar-refractivity contribution in [2.45, 2.75) is 289 Å². The van der Waals surface area contributed by atoms with Crippen LogP contribution in [0.25, 0.3) is 0 Å². The highest BCUT2D eigenvalue weighted by molar-refractivity contribution is 7.47. The number of unbranched alkanes of at least 4 members (excludes halogenated alkanes) is 33. The second-order valence-corrected chi connectivity index (χ2v) is 23.5. The first kappa shape index (κ1) is 70.9. The number of hydrogen-bond donors (Lipinski definition) is 3. The standard InChI is InChI=1S/C64H119N2O6P/c1-6-8-10-12-14-16-18-20-22-23-24-25-26-27-28-29-30-31-32-33-34-35-36-37-38-39-40-41-42-43-44-46-48-50-52-54-56-58-64(68)65-62(61-72-73(69,70)71-60-59-66(3,4)5)63(67)57-55-53-51-49-47-45-21-19-17-15-13-11-9-7-2/h8,10,14,16,20,22,24-25,47,49,55,57,62-63,67H,6-7,9,11-13,15,17-19,21,23,26-46,48,50-54,56,58-61H2,1-5H3,(H-,65,68,69,70)/p+1/b10-8-,16-14-,22-20-,25-24-,49-47+,57-55+. The number of rotatable bonds is 56. The molecule has 426 valence electrons. The Morgan fingerprint density at radius 3 is 1.26 bits per heavy atom. The fourth-order valence-electron chi connectivity index (χ4n) is 8.87. The van der Waals surface area contributed by atoms with E-state index in [4.69, 9.17) is 9.05 Å². The molecule has 0 saturated heterocycles. The van der Waals surface area contributed by atoms with Gasteiger partial charge in [0, 0.05) is 6.42 Å². The Balaban J connectivity index is 3.95. The highest BCUT2D eigenvalue weighted by atomic mass is 31.2. The van der Waals surface area contributed by atoms with Crippen LogP contribution in [0.2, 0.25) is 0 Å². The molecule has 9 heteroatoms. The number of carbonyl (C=O) groups excluding carboxylic acids is 1. The van der Waals surface area contributed by atoms with Gasteiger partial charge in [0.15, 0.2) is 0 Å². The number of likely N-dealkylation sites (N-methyl/N-ethyl adjacent to an activating group) is 1. The molecule has 3 N–H and O–H groups in total. The van der Waals surface area contributed by atoms with E-state index < -0.39 is 20.0 Å². The molecule has 0 aromatic rings. The molecular weight excluding hydrogens is 924 g/mol. The van der Waals surface area contributed by atoms with Crippen molar-refractivity contribution in [3.05, 3.63) is 72.9 Å². The quantitative estimate of drug-likeness (QED) is 0.0243. The molecule has 0 fully saturated rings. The molecule has 0 rings (SSSR count). The fourth-order valence-corrected chi connectivity index (χ4v) is 9.61. The molecule has 0 aliphatic heterocycles. The van der Waals surface area contributed by atoms with E-state index in [-0.39, 0.29) is 19.1 Å². The number of amides is 1. The van der Waals surface area contributed by atoms with Gasteiger partial charge >= 0.3 is 7.82 Å². The van der Waals surface area contributed by atoms with E-state index in [0.717, 1.165) is 64.2 Å². The summed E-state index contributed by atoms with van der Waals surface area (Å²) < 4.78 is 23.7. The maximum atomic E-state index is 13.0. The summed E-state index contributed by atoms with van der Waals surface area (Å²) in [4.78, 5) is 23.3. The summed E-state index contributed by atoms with van der Waals surface area (Å²) in [6.07, 6.45) is 76.1. The van der Waals surface area contributed by atoms with E-state index in [0.29, 0.717) is 17.4 Å². The van der Waals surface area contributed by atoms with Gasteiger partial charge in [-0.3, -0.25) is 13.8 Å². The molecule has 73 heavy (non-hydrogen) atoms. The second-order valence-electron chi connectivity index (χ2n) is 22.0. The normalized spacial score (nSPS) is 14.3. The van der Waals surface area contributed by atoms with Gasteiger partial charge in [0.1, 0.15) is 13.2 Å². The fraction of sp³-hybridized carbons (Fsp3) is 0.797. The van der Waals surface area contributed by atoms with E-state index in [1.807, 2.05) is 27.2 Å². The smallest absolute Gasteiger partial charge is 0.387 e. The zero-order chi connectivity index (χ0) is 53.5. The first-order chi connectivity index (χ1) is 35.5. The lowest BCUT2D eigenvalue weighted by Crippen LogP contribution is -2.45. The molecular formula is C64H120N2O6P+. The highest BCUT2D eigenvalue weighted by Gasteiger charge is 2.27. The SMILES string of the molecule is CC/C=C\C/C=C\C/C=C\C/C=C\CCCCCCCCCCCCCCCCCCCCCCCCCCC(=O)NC(COP(=O)(O)OCC[N+](C)(C)C)C(O)/C=C/CC/C=C/CCCCCCCCCC. The molecule has 0 saturated carbocycles. The number of aliphatic hydroxyl groups excluding tert-OH is 1. The molecule has 0 aromatic carbocycles. The van der Waals surface area contributed by atoms with Gasteiger partial charge in [-0.05, 0) is 70.6 Å². The summed E-state index contributed by atoms with van der Waals surface area (Å²) in [5, 5.41) is 13.9. The zero-order valence-electron chi connectivity index (χ0n) is 48.6. The number of nitrogens with zero attached hydrogens (tertiary/aromatic N) is 1. The minimum Gasteiger partial charge on any atom is -0.387 e. The first-order valence-corrected chi connectivity index (χ1v) is 32.3. The van der Waals surface area contributed by atoms with Crippen LogP contribution in [-0.4, -0.2) is 73.4 Å². The summed E-state index contributed by atoms with van der Waals surface area (Å²) in [6, 6.07) is -0.863. The Morgan fingerprint density at radius 1 is 0.479 bits per heavy atom. The number of phosphoric acid groups is 1. The number of phosphoric ester groups is 1. The lowest BCUT2D eigenvalue weighted by Gasteiger charge is -2.25. The monoisotopic (exact) mass is 1040 g/mol. The molecule has 0 aromatic heterocycles. The van der Waals surface area contributed by atoms with Crippen LogP contribution in [0, 0.1) is 0 Å². The van der Waals surface area contributed by atoms with Gasteiger partial charge in [-0.1, -0.05) is 273 Å². The third-order valence-electron chi connectivity index (χ3n) is 13.7.